The largest absolute Gasteiger partial charge is 0.508 e. The van der Waals surface area contributed by atoms with Gasteiger partial charge in [-0.15, -0.1) is 0 Å². The molecule has 0 saturated heterocycles. The molecule has 180 valence electrons. The Kier molecular flexibility index (Phi) is 8.37. The maximum atomic E-state index is 12.5. The molecule has 0 fully saturated rings. The second kappa shape index (κ2) is 11.4. The van der Waals surface area contributed by atoms with Crippen LogP contribution < -0.4 is 10.6 Å². The number of phenols is 1. The molecule has 0 unspecified atom stereocenters. The average Bonchev–Trinajstić information content (AvgIpc) is 3.04. The van der Waals surface area contributed by atoms with Crippen molar-refractivity contribution in [3.8, 4) is 5.75 Å². The number of hydrogen-bond acceptors (Lipinski definition) is 6. The van der Waals surface area contributed by atoms with Crippen molar-refractivity contribution >= 4 is 23.7 Å². The van der Waals surface area contributed by atoms with Crippen molar-refractivity contribution < 1.29 is 29.4 Å². The van der Waals surface area contributed by atoms with E-state index in [4.69, 9.17) is 0 Å². The number of carboxylic acids is 1. The summed E-state index contributed by atoms with van der Waals surface area (Å²) in [5, 5.41) is 24.9. The number of phenolic OH excluding ortho intramolecular Hbond substituents is 1. The molecule has 0 spiro atoms. The number of carboxylic acid groups (broad SMARTS) is 1. The van der Waals surface area contributed by atoms with E-state index in [0.29, 0.717) is 25.9 Å². The van der Waals surface area contributed by atoms with E-state index in [9.17, 15) is 29.4 Å². The molecule has 0 aromatic heterocycles. The van der Waals surface area contributed by atoms with Crippen molar-refractivity contribution in [2.45, 2.75) is 38.8 Å². The van der Waals surface area contributed by atoms with Crippen LogP contribution in [0, 0.1) is 5.92 Å². The SMILES string of the molecule is C[C@@H](CCN[C@H](CCN1C(=O)c2ccc(O)cc2C1=O)C(=O)O)CC(=O)NCc1ccccc1. The Morgan fingerprint density at radius 3 is 2.41 bits per heavy atom. The maximum Gasteiger partial charge on any atom is 0.320 e. The summed E-state index contributed by atoms with van der Waals surface area (Å²) in [5.41, 5.74) is 1.33. The summed E-state index contributed by atoms with van der Waals surface area (Å²) in [5.74, 6) is -2.27. The van der Waals surface area contributed by atoms with Crippen molar-refractivity contribution in [2.24, 2.45) is 5.92 Å². The summed E-state index contributed by atoms with van der Waals surface area (Å²) in [6.07, 6.45) is 0.960. The van der Waals surface area contributed by atoms with E-state index in [1.165, 1.54) is 18.2 Å². The lowest BCUT2D eigenvalue weighted by Crippen LogP contribution is -2.42. The first kappa shape index (κ1) is 24.9. The highest BCUT2D eigenvalue weighted by molar-refractivity contribution is 6.21. The minimum absolute atomic E-state index is 0.0404. The zero-order chi connectivity index (χ0) is 24.7. The van der Waals surface area contributed by atoms with E-state index in [2.05, 4.69) is 10.6 Å². The number of carbonyl (C=O) groups excluding carboxylic acids is 3. The number of aromatic hydroxyl groups is 1. The smallest absolute Gasteiger partial charge is 0.320 e. The molecule has 9 heteroatoms. The first-order valence-electron chi connectivity index (χ1n) is 11.2. The molecule has 1 heterocycles. The number of nitrogens with one attached hydrogen (secondary N) is 2. The van der Waals surface area contributed by atoms with Crippen molar-refractivity contribution in [3.63, 3.8) is 0 Å². The third-order valence-electron chi connectivity index (χ3n) is 5.79. The third kappa shape index (κ3) is 6.41. The zero-order valence-electron chi connectivity index (χ0n) is 19.0. The zero-order valence-corrected chi connectivity index (χ0v) is 19.0. The molecule has 1 aliphatic rings. The molecule has 3 amide bonds. The van der Waals surface area contributed by atoms with Gasteiger partial charge in [-0.25, -0.2) is 0 Å². The summed E-state index contributed by atoms with van der Waals surface area (Å²) in [6, 6.07) is 12.6. The average molecular weight is 468 g/mol. The highest BCUT2D eigenvalue weighted by Crippen LogP contribution is 2.26. The lowest BCUT2D eigenvalue weighted by Gasteiger charge is -2.19. The van der Waals surface area contributed by atoms with Gasteiger partial charge >= 0.3 is 5.97 Å². The Labute approximate surface area is 197 Å². The van der Waals surface area contributed by atoms with Crippen LogP contribution in [0.1, 0.15) is 52.5 Å². The minimum atomic E-state index is -1.08. The fraction of sp³-hybridized carbons (Fsp3) is 0.360. The van der Waals surface area contributed by atoms with E-state index in [1.807, 2.05) is 37.3 Å². The standard InChI is InChI=1S/C25H29N3O6/c1-16(13-22(30)27-15-17-5-3-2-4-6-17)9-11-26-21(25(33)34)10-12-28-23(31)19-8-7-18(29)14-20(19)24(28)32/h2-8,14,16,21,26,29H,9-13,15H2,1H3,(H,27,30)(H,33,34)/t16-,21+/m0/s1. The molecule has 0 bridgehead atoms. The lowest BCUT2D eigenvalue weighted by molar-refractivity contribution is -0.139. The van der Waals surface area contributed by atoms with Gasteiger partial charge in [-0.2, -0.15) is 0 Å². The van der Waals surface area contributed by atoms with Crippen molar-refractivity contribution in [1.29, 1.82) is 0 Å². The van der Waals surface area contributed by atoms with Crippen LogP contribution in [-0.4, -0.2) is 57.9 Å². The predicted octanol–water partition coefficient (Wildman–Crippen LogP) is 2.15. The fourth-order valence-electron chi connectivity index (χ4n) is 3.84. The van der Waals surface area contributed by atoms with E-state index in [0.717, 1.165) is 10.5 Å². The van der Waals surface area contributed by atoms with E-state index in [-0.39, 0.29) is 41.7 Å². The topological polar surface area (TPSA) is 136 Å². The Hall–Kier alpha value is -3.72. The third-order valence-corrected chi connectivity index (χ3v) is 5.79. The predicted molar refractivity (Wildman–Crippen MR) is 124 cm³/mol. The maximum absolute atomic E-state index is 12.5. The minimum Gasteiger partial charge on any atom is -0.508 e. The number of benzene rings is 2. The summed E-state index contributed by atoms with van der Waals surface area (Å²) in [6.45, 7) is 2.70. The monoisotopic (exact) mass is 467 g/mol. The first-order chi connectivity index (χ1) is 16.3. The van der Waals surface area contributed by atoms with Crippen LogP contribution in [0.2, 0.25) is 0 Å². The van der Waals surface area contributed by atoms with Crippen LogP contribution in [0.15, 0.2) is 48.5 Å². The van der Waals surface area contributed by atoms with Crippen molar-refractivity contribution in [3.05, 3.63) is 65.2 Å². The first-order valence-corrected chi connectivity index (χ1v) is 11.2. The van der Waals surface area contributed by atoms with Gasteiger partial charge in [0, 0.05) is 19.5 Å². The molecule has 1 aliphatic heterocycles. The summed E-state index contributed by atoms with van der Waals surface area (Å²) in [7, 11) is 0. The van der Waals surface area contributed by atoms with Gasteiger partial charge in [0.1, 0.15) is 11.8 Å². The van der Waals surface area contributed by atoms with Crippen LogP contribution in [0.3, 0.4) is 0 Å². The Morgan fingerprint density at radius 1 is 1.00 bits per heavy atom. The second-order valence-corrected chi connectivity index (χ2v) is 8.49. The molecule has 34 heavy (non-hydrogen) atoms. The number of aliphatic carboxylic acids is 1. The molecule has 0 radical (unpaired) electrons. The van der Waals surface area contributed by atoms with E-state index in [1.54, 1.807) is 0 Å². The molecular weight excluding hydrogens is 438 g/mol. The van der Waals surface area contributed by atoms with Gasteiger partial charge in [-0.1, -0.05) is 37.3 Å². The number of amides is 3. The van der Waals surface area contributed by atoms with Gasteiger partial charge in [-0.05, 0) is 49.1 Å². The van der Waals surface area contributed by atoms with Gasteiger partial charge in [0.25, 0.3) is 11.8 Å². The second-order valence-electron chi connectivity index (χ2n) is 8.49. The Bertz CT molecular complexity index is 1060. The van der Waals surface area contributed by atoms with Crippen LogP contribution in [0.5, 0.6) is 5.75 Å². The van der Waals surface area contributed by atoms with Gasteiger partial charge < -0.3 is 20.8 Å². The normalized spacial score (nSPS) is 14.6. The van der Waals surface area contributed by atoms with Crippen LogP contribution in [0.4, 0.5) is 0 Å². The van der Waals surface area contributed by atoms with Crippen LogP contribution in [0.25, 0.3) is 0 Å². The highest BCUT2D eigenvalue weighted by atomic mass is 16.4. The Morgan fingerprint density at radius 2 is 1.71 bits per heavy atom. The highest BCUT2D eigenvalue weighted by Gasteiger charge is 2.36. The number of hydrogen-bond donors (Lipinski definition) is 4. The van der Waals surface area contributed by atoms with Gasteiger partial charge in [0.2, 0.25) is 5.91 Å². The molecule has 0 aliphatic carbocycles. The summed E-state index contributed by atoms with van der Waals surface area (Å²) < 4.78 is 0. The fourth-order valence-corrected chi connectivity index (χ4v) is 3.84. The van der Waals surface area contributed by atoms with Crippen LogP contribution in [-0.2, 0) is 16.1 Å². The number of rotatable bonds is 12. The molecule has 2 aromatic rings. The van der Waals surface area contributed by atoms with E-state index < -0.39 is 23.8 Å². The number of imide groups is 1. The molecule has 3 rings (SSSR count). The van der Waals surface area contributed by atoms with Crippen molar-refractivity contribution in [2.75, 3.05) is 13.1 Å². The molecule has 9 nitrogen and oxygen atoms in total. The molecule has 2 aromatic carbocycles. The van der Waals surface area contributed by atoms with Gasteiger partial charge in [-0.3, -0.25) is 24.1 Å². The molecule has 4 N–H and O–H groups in total. The van der Waals surface area contributed by atoms with Gasteiger partial charge in [0.15, 0.2) is 0 Å². The summed E-state index contributed by atoms with van der Waals surface area (Å²) in [4.78, 5) is 49.8. The van der Waals surface area contributed by atoms with Gasteiger partial charge in [0.05, 0.1) is 11.1 Å². The number of nitrogens with zero attached hydrogens (tertiary/aromatic N) is 1. The Balaban J connectivity index is 1.41. The number of carbonyl (C=O) groups is 4. The quantitative estimate of drug-likeness (QED) is 0.351. The molecule has 0 saturated carbocycles. The van der Waals surface area contributed by atoms with Crippen LogP contribution >= 0.6 is 0 Å². The van der Waals surface area contributed by atoms with E-state index >= 15 is 0 Å². The molecular formula is C25H29N3O6. The number of fused-ring (bicyclic) bond motifs is 1. The molecule has 2 atom stereocenters. The van der Waals surface area contributed by atoms with Crippen molar-refractivity contribution in [1.82, 2.24) is 15.5 Å². The lowest BCUT2D eigenvalue weighted by atomic mass is 10.0. The summed E-state index contributed by atoms with van der Waals surface area (Å²) >= 11 is 0.